The third-order valence-corrected chi connectivity index (χ3v) is 3.43. The fraction of sp³-hybridized carbons (Fsp3) is 0.222. The van der Waals surface area contributed by atoms with Gasteiger partial charge in [0.1, 0.15) is 11.9 Å². The third-order valence-electron chi connectivity index (χ3n) is 3.43. The second-order valence-electron chi connectivity index (χ2n) is 5.67. The van der Waals surface area contributed by atoms with E-state index in [1.165, 1.54) is 17.6 Å². The van der Waals surface area contributed by atoms with Gasteiger partial charge >= 0.3 is 17.6 Å². The number of aliphatic hydroxyl groups is 4. The number of carbonyl (C=O) groups excluding carboxylic acids is 1. The number of aliphatic hydroxyl groups excluding tert-OH is 3. The minimum absolute atomic E-state index is 0. The van der Waals surface area contributed by atoms with E-state index in [4.69, 9.17) is 26.2 Å². The van der Waals surface area contributed by atoms with Crippen LogP contribution in [0.4, 0.5) is 14.6 Å². The molecule has 10 nitrogen and oxygen atoms in total. The molecule has 3 aromatic rings. The molecule has 3 atom stereocenters. The quantitative estimate of drug-likeness (QED) is 0.193. The fourth-order valence-corrected chi connectivity index (χ4v) is 1.87. The van der Waals surface area contributed by atoms with Gasteiger partial charge in [-0.05, 0) is 18.2 Å². The molecule has 0 fully saturated rings. The van der Waals surface area contributed by atoms with Gasteiger partial charge in [-0.25, -0.2) is 9.78 Å². The summed E-state index contributed by atoms with van der Waals surface area (Å²) >= 11 is 0. The Bertz CT molecular complexity index is 942. The predicted molar refractivity (Wildman–Crippen MR) is 108 cm³/mol. The van der Waals surface area contributed by atoms with Crippen LogP contribution in [0.2, 0.25) is 0 Å². The molecular weight excluding hydrogens is 485 g/mol. The number of aromatic nitrogens is 3. The maximum Gasteiger partial charge on any atom is 0.368 e. The number of nitrogens with two attached hydrogens (primary N) is 1. The number of alkyl halides is 1. The van der Waals surface area contributed by atoms with Crippen molar-refractivity contribution in [3.8, 4) is 0 Å². The zero-order valence-electron chi connectivity index (χ0n) is 15.8. The van der Waals surface area contributed by atoms with E-state index in [0.29, 0.717) is 5.82 Å². The number of hydrogen-bond donors (Lipinski definition) is 6. The molecule has 0 saturated carbocycles. The topological polar surface area (TPSA) is 183 Å². The Labute approximate surface area is 184 Å². The summed E-state index contributed by atoms with van der Waals surface area (Å²) in [4.78, 5) is 29.7. The zero-order valence-corrected chi connectivity index (χ0v) is 17.5. The summed E-state index contributed by atoms with van der Waals surface area (Å²) in [5.74, 6) is -3.84. The molecular formula is C18H20F2N4O6Se. The number of anilines is 1. The molecule has 0 amide bonds. The average molecular weight is 505 g/mol. The van der Waals surface area contributed by atoms with Crippen molar-refractivity contribution in [1.82, 2.24) is 15.0 Å². The van der Waals surface area contributed by atoms with E-state index in [1.54, 1.807) is 0 Å². The number of para-hydroxylation sites is 1. The van der Waals surface area contributed by atoms with E-state index >= 15 is 0 Å². The number of halogens is 2. The number of pyridine rings is 1. The van der Waals surface area contributed by atoms with Gasteiger partial charge in [0, 0.05) is 34.8 Å². The van der Waals surface area contributed by atoms with Gasteiger partial charge in [-0.1, -0.05) is 24.3 Å². The van der Waals surface area contributed by atoms with E-state index in [0.717, 1.165) is 5.52 Å². The van der Waals surface area contributed by atoms with E-state index < -0.39 is 36.4 Å². The maximum atomic E-state index is 12.4. The Balaban J connectivity index is 0.000000435. The molecule has 168 valence electrons. The van der Waals surface area contributed by atoms with Crippen LogP contribution in [-0.4, -0.2) is 83.2 Å². The van der Waals surface area contributed by atoms with Gasteiger partial charge < -0.3 is 26.2 Å². The molecule has 2 radical (unpaired) electrons. The van der Waals surface area contributed by atoms with Crippen LogP contribution in [0, 0.1) is 0 Å². The van der Waals surface area contributed by atoms with Gasteiger partial charge in [0.2, 0.25) is 0 Å². The Kier molecular flexibility index (Phi) is 12.3. The van der Waals surface area contributed by atoms with E-state index in [2.05, 4.69) is 27.1 Å². The maximum absolute atomic E-state index is 12.4. The fourth-order valence-electron chi connectivity index (χ4n) is 1.87. The van der Waals surface area contributed by atoms with Crippen molar-refractivity contribution < 1.29 is 34.0 Å². The largest absolute Gasteiger partial charge is 0.394 e. The number of aromatic amines is 1. The van der Waals surface area contributed by atoms with Gasteiger partial charge in [-0.3, -0.25) is 14.8 Å². The first kappa shape index (κ1) is 28.2. The van der Waals surface area contributed by atoms with Crippen molar-refractivity contribution in [2.45, 2.75) is 18.1 Å². The van der Waals surface area contributed by atoms with Crippen LogP contribution in [0.1, 0.15) is 0 Å². The molecule has 0 saturated heterocycles. The molecule has 0 aliphatic carbocycles. The number of nitrogens with one attached hydrogen (secondary N) is 1. The minimum Gasteiger partial charge on any atom is -0.394 e. The molecule has 13 heteroatoms. The molecule has 0 spiro atoms. The number of rotatable bonds is 4. The molecule has 7 N–H and O–H groups in total. The van der Waals surface area contributed by atoms with E-state index in [1.807, 2.05) is 30.5 Å². The molecule has 2 unspecified atom stereocenters. The number of nitrogens with zero attached hydrogens (tertiary/aromatic N) is 2. The van der Waals surface area contributed by atoms with Gasteiger partial charge in [-0.2, -0.15) is 8.78 Å². The first-order valence-corrected chi connectivity index (χ1v) is 8.28. The molecule has 2 aromatic heterocycles. The first-order chi connectivity index (χ1) is 14.1. The second-order valence-corrected chi connectivity index (χ2v) is 5.67. The molecule has 2 heterocycles. The van der Waals surface area contributed by atoms with E-state index in [9.17, 15) is 18.4 Å². The molecule has 1 aromatic carbocycles. The van der Waals surface area contributed by atoms with Crippen molar-refractivity contribution in [2.75, 3.05) is 12.3 Å². The van der Waals surface area contributed by atoms with E-state index in [-0.39, 0.29) is 17.1 Å². The van der Waals surface area contributed by atoms with Crippen molar-refractivity contribution in [1.29, 1.82) is 0 Å². The summed E-state index contributed by atoms with van der Waals surface area (Å²) < 4.78 is 24.0. The van der Waals surface area contributed by atoms with Crippen LogP contribution in [0.25, 0.3) is 10.9 Å². The standard InChI is InChI=1S/C9H7N.C5H8F2O5.C4H5N3O.Se/c1-2-6-9-8(4-1)5-3-7-10-9;6-4(11)5(7,12)3(10)2(9)1-8;5-3-1-2-6-4(8)7-3;/h1-7H;2-3,8-10,12H,1H2;1-2H,(H3,5,6,7,8);/t;2?,3?,5-;;/m.1../s1. The Hall–Kier alpha value is -2.80. The second kappa shape index (κ2) is 13.5. The average Bonchev–Trinajstić information content (AvgIpc) is 2.73. The van der Waals surface area contributed by atoms with Crippen molar-refractivity contribution in [3.63, 3.8) is 0 Å². The SMILES string of the molecule is Nc1ccnc(=O)[nH]1.O=C(F)[C@@](O)(F)C(O)C(O)CO.[Se].c1ccc2ncccc2c1. The number of hydrogen-bond acceptors (Lipinski definition) is 9. The Morgan fingerprint density at radius 2 is 1.74 bits per heavy atom. The number of nitrogen functional groups attached to an aromatic ring is 1. The Morgan fingerprint density at radius 3 is 2.23 bits per heavy atom. The van der Waals surface area contributed by atoms with Crippen LogP contribution in [0.5, 0.6) is 0 Å². The minimum atomic E-state index is -4.18. The zero-order chi connectivity index (χ0) is 22.7. The molecule has 0 bridgehead atoms. The number of carbonyl (C=O) groups is 1. The van der Waals surface area contributed by atoms with Gasteiger partial charge in [0.15, 0.2) is 6.10 Å². The molecule has 0 aliphatic rings. The first-order valence-electron chi connectivity index (χ1n) is 8.28. The number of H-pyrrole nitrogens is 1. The van der Waals surface area contributed by atoms with Crippen LogP contribution in [0.15, 0.2) is 59.7 Å². The summed E-state index contributed by atoms with van der Waals surface area (Å²) in [5, 5.41) is 34.6. The van der Waals surface area contributed by atoms with Crippen LogP contribution >= 0.6 is 0 Å². The van der Waals surface area contributed by atoms with Crippen LogP contribution in [0.3, 0.4) is 0 Å². The smallest absolute Gasteiger partial charge is 0.368 e. The normalized spacial score (nSPS) is 13.7. The summed E-state index contributed by atoms with van der Waals surface area (Å²) in [5.41, 5.74) is 5.81. The number of benzene rings is 1. The van der Waals surface area contributed by atoms with Crippen molar-refractivity contribution in [2.24, 2.45) is 0 Å². The van der Waals surface area contributed by atoms with Gasteiger partial charge in [-0.15, -0.1) is 0 Å². The molecule has 31 heavy (non-hydrogen) atoms. The summed E-state index contributed by atoms with van der Waals surface area (Å²) in [6.07, 6.45) is -1.67. The van der Waals surface area contributed by atoms with Gasteiger partial charge in [0.25, 0.3) is 0 Å². The molecule has 0 aliphatic heterocycles. The van der Waals surface area contributed by atoms with Crippen LogP contribution in [-0.2, 0) is 4.79 Å². The Morgan fingerprint density at radius 1 is 1.13 bits per heavy atom. The summed E-state index contributed by atoms with van der Waals surface area (Å²) in [7, 11) is 0. The molecule has 3 rings (SSSR count). The predicted octanol–water partition coefficient (Wildman–Crippen LogP) is -0.939. The van der Waals surface area contributed by atoms with Crippen molar-refractivity contribution >= 4 is 39.8 Å². The van der Waals surface area contributed by atoms with Gasteiger partial charge in [0.05, 0.1) is 12.1 Å². The summed E-state index contributed by atoms with van der Waals surface area (Å²) in [6.45, 7) is -1.11. The monoisotopic (exact) mass is 506 g/mol. The number of fused-ring (bicyclic) bond motifs is 1. The third kappa shape index (κ3) is 9.26. The van der Waals surface area contributed by atoms with Crippen LogP contribution < -0.4 is 11.4 Å². The van der Waals surface area contributed by atoms with Crippen molar-refractivity contribution in [3.05, 3.63) is 65.3 Å². The summed E-state index contributed by atoms with van der Waals surface area (Å²) in [6, 6.07) is 10.8.